The average molecular weight is 443 g/mol. The number of fused-ring (bicyclic) bond motifs is 2. The monoisotopic (exact) mass is 442 g/mol. The summed E-state index contributed by atoms with van der Waals surface area (Å²) in [5.74, 6) is 1.03. The van der Waals surface area contributed by atoms with Gasteiger partial charge in [0, 0.05) is 61.5 Å². The second-order valence-electron chi connectivity index (χ2n) is 8.30. The number of anilines is 2. The topological polar surface area (TPSA) is 85.2 Å². The Labute approximate surface area is 191 Å². The third kappa shape index (κ3) is 4.17. The Morgan fingerprint density at radius 2 is 2.03 bits per heavy atom. The Morgan fingerprint density at radius 3 is 2.85 bits per heavy atom. The number of rotatable bonds is 5. The van der Waals surface area contributed by atoms with Gasteiger partial charge < -0.3 is 19.5 Å². The minimum Gasteiger partial charge on any atom is -0.476 e. The van der Waals surface area contributed by atoms with Crippen LogP contribution >= 0.6 is 0 Å². The maximum absolute atomic E-state index is 11.8. The number of hydrogen-bond donors (Lipinski definition) is 1. The Balaban J connectivity index is 1.56. The van der Waals surface area contributed by atoms with Crippen LogP contribution in [0.3, 0.4) is 0 Å². The summed E-state index contributed by atoms with van der Waals surface area (Å²) in [6.07, 6.45) is 4.53. The first-order valence-corrected chi connectivity index (χ1v) is 11.1. The number of hydrogen-bond acceptors (Lipinski definition) is 7. The van der Waals surface area contributed by atoms with E-state index in [4.69, 9.17) is 14.7 Å². The SMILES string of the molecule is CCOc1nc2c(cc1Nc1ncc3cccc(-c4ccc(=O)n(C)c4)c3n1)CN(C)CC2. The van der Waals surface area contributed by atoms with Crippen molar-refractivity contribution in [2.75, 3.05) is 25.5 Å². The highest BCUT2D eigenvalue weighted by atomic mass is 16.5. The van der Waals surface area contributed by atoms with Gasteiger partial charge in [-0.25, -0.2) is 15.0 Å². The molecule has 0 saturated heterocycles. The number of likely N-dealkylation sites (N-methyl/N-ethyl adjacent to an activating group) is 1. The minimum atomic E-state index is -0.0509. The van der Waals surface area contributed by atoms with Gasteiger partial charge in [0.2, 0.25) is 17.4 Å². The summed E-state index contributed by atoms with van der Waals surface area (Å²) in [7, 11) is 3.86. The van der Waals surface area contributed by atoms with Crippen LogP contribution in [0.4, 0.5) is 11.6 Å². The smallest absolute Gasteiger partial charge is 0.250 e. The molecule has 3 aromatic heterocycles. The molecule has 0 fully saturated rings. The van der Waals surface area contributed by atoms with E-state index in [2.05, 4.69) is 28.3 Å². The van der Waals surface area contributed by atoms with Gasteiger partial charge in [-0.15, -0.1) is 0 Å². The Bertz CT molecular complexity index is 1400. The molecule has 8 nitrogen and oxygen atoms in total. The molecule has 1 aliphatic heterocycles. The Morgan fingerprint density at radius 1 is 1.15 bits per heavy atom. The fourth-order valence-electron chi connectivity index (χ4n) is 4.15. The number of aryl methyl sites for hydroxylation is 1. The molecule has 0 spiro atoms. The lowest BCUT2D eigenvalue weighted by molar-refractivity contribution is 0.301. The zero-order valence-electron chi connectivity index (χ0n) is 19.0. The van der Waals surface area contributed by atoms with Crippen LogP contribution in [0.25, 0.3) is 22.0 Å². The molecule has 33 heavy (non-hydrogen) atoms. The first kappa shape index (κ1) is 21.1. The number of pyridine rings is 2. The van der Waals surface area contributed by atoms with Crippen molar-refractivity contribution in [3.05, 3.63) is 70.4 Å². The number of para-hydroxylation sites is 1. The van der Waals surface area contributed by atoms with Crippen molar-refractivity contribution in [2.45, 2.75) is 19.9 Å². The highest BCUT2D eigenvalue weighted by Gasteiger charge is 2.19. The first-order valence-electron chi connectivity index (χ1n) is 11.1. The molecule has 1 aromatic carbocycles. The molecule has 0 unspecified atom stereocenters. The largest absolute Gasteiger partial charge is 0.476 e. The maximum Gasteiger partial charge on any atom is 0.250 e. The summed E-state index contributed by atoms with van der Waals surface area (Å²) < 4.78 is 7.40. The zero-order valence-corrected chi connectivity index (χ0v) is 19.0. The van der Waals surface area contributed by atoms with Crippen LogP contribution in [0, 0.1) is 0 Å². The molecule has 8 heteroatoms. The highest BCUT2D eigenvalue weighted by molar-refractivity contribution is 5.93. The molecular formula is C25H26N6O2. The van der Waals surface area contributed by atoms with Gasteiger partial charge in [-0.3, -0.25) is 4.79 Å². The lowest BCUT2D eigenvalue weighted by Gasteiger charge is -2.25. The molecule has 0 atom stereocenters. The molecule has 1 aliphatic rings. The molecule has 1 N–H and O–H groups in total. The number of benzene rings is 1. The quantitative estimate of drug-likeness (QED) is 0.506. The predicted octanol–water partition coefficient (Wildman–Crippen LogP) is 3.52. The fourth-order valence-corrected chi connectivity index (χ4v) is 4.15. The van der Waals surface area contributed by atoms with Crippen molar-refractivity contribution < 1.29 is 4.74 Å². The van der Waals surface area contributed by atoms with Gasteiger partial charge >= 0.3 is 0 Å². The van der Waals surface area contributed by atoms with E-state index in [0.29, 0.717) is 18.4 Å². The van der Waals surface area contributed by atoms with E-state index >= 15 is 0 Å². The van der Waals surface area contributed by atoms with E-state index in [9.17, 15) is 4.79 Å². The lowest BCUT2D eigenvalue weighted by atomic mass is 10.0. The van der Waals surface area contributed by atoms with Crippen LogP contribution in [0.5, 0.6) is 5.88 Å². The van der Waals surface area contributed by atoms with Gasteiger partial charge in [0.25, 0.3) is 0 Å². The summed E-state index contributed by atoms with van der Waals surface area (Å²) in [6, 6.07) is 11.4. The van der Waals surface area contributed by atoms with Gasteiger partial charge in [0.05, 0.1) is 17.8 Å². The molecule has 4 heterocycles. The molecule has 0 bridgehead atoms. The summed E-state index contributed by atoms with van der Waals surface area (Å²) in [5.41, 5.74) is 5.62. The summed E-state index contributed by atoms with van der Waals surface area (Å²) in [6.45, 7) is 4.30. The van der Waals surface area contributed by atoms with Crippen LogP contribution in [-0.2, 0) is 20.0 Å². The highest BCUT2D eigenvalue weighted by Crippen LogP contribution is 2.32. The van der Waals surface area contributed by atoms with Crippen LogP contribution in [0.15, 0.2) is 53.6 Å². The van der Waals surface area contributed by atoms with Crippen molar-refractivity contribution >= 4 is 22.5 Å². The van der Waals surface area contributed by atoms with Gasteiger partial charge in [-0.05, 0) is 31.7 Å². The fraction of sp³-hybridized carbons (Fsp3) is 0.280. The van der Waals surface area contributed by atoms with Crippen LogP contribution in [0.2, 0.25) is 0 Å². The first-order chi connectivity index (χ1) is 16.0. The van der Waals surface area contributed by atoms with E-state index < -0.39 is 0 Å². The zero-order chi connectivity index (χ0) is 22.9. The second-order valence-corrected chi connectivity index (χ2v) is 8.30. The van der Waals surface area contributed by atoms with E-state index in [1.54, 1.807) is 23.9 Å². The van der Waals surface area contributed by atoms with Gasteiger partial charge in [0.1, 0.15) is 5.69 Å². The van der Waals surface area contributed by atoms with E-state index in [0.717, 1.165) is 52.9 Å². The van der Waals surface area contributed by atoms with Crippen LogP contribution in [0.1, 0.15) is 18.2 Å². The summed E-state index contributed by atoms with van der Waals surface area (Å²) in [5, 5.41) is 4.25. The standard InChI is InChI=1S/C25H26N6O2/c1-4-33-24-21(12-18-14-30(2)11-10-20(18)27-24)28-25-26-13-16-6-5-7-19(23(16)29-25)17-8-9-22(32)31(3)15-17/h5-9,12-13,15H,4,10-11,14H2,1-3H3,(H,26,28,29). The van der Waals surface area contributed by atoms with Crippen LogP contribution < -0.4 is 15.6 Å². The number of ether oxygens (including phenoxy) is 1. The van der Waals surface area contributed by atoms with Crippen LogP contribution in [-0.4, -0.2) is 44.6 Å². The lowest BCUT2D eigenvalue weighted by Crippen LogP contribution is -2.27. The van der Waals surface area contributed by atoms with Gasteiger partial charge in [0.15, 0.2) is 0 Å². The van der Waals surface area contributed by atoms with Crippen molar-refractivity contribution in [1.82, 2.24) is 24.4 Å². The summed E-state index contributed by atoms with van der Waals surface area (Å²) >= 11 is 0. The molecular weight excluding hydrogens is 416 g/mol. The predicted molar refractivity (Wildman–Crippen MR) is 129 cm³/mol. The number of nitrogens with one attached hydrogen (secondary N) is 1. The van der Waals surface area contributed by atoms with Crippen molar-refractivity contribution in [3.63, 3.8) is 0 Å². The normalized spacial score (nSPS) is 13.7. The second kappa shape index (κ2) is 8.63. The van der Waals surface area contributed by atoms with E-state index in [-0.39, 0.29) is 5.56 Å². The number of aromatic nitrogens is 4. The summed E-state index contributed by atoms with van der Waals surface area (Å²) in [4.78, 5) is 28.2. The van der Waals surface area contributed by atoms with Crippen molar-refractivity contribution in [2.24, 2.45) is 7.05 Å². The Hall–Kier alpha value is -3.78. The average Bonchev–Trinajstić information content (AvgIpc) is 2.81. The van der Waals surface area contributed by atoms with Crippen molar-refractivity contribution in [3.8, 4) is 17.0 Å². The molecule has 168 valence electrons. The molecule has 0 saturated carbocycles. The number of nitrogens with zero attached hydrogens (tertiary/aromatic N) is 5. The third-order valence-electron chi connectivity index (χ3n) is 5.86. The molecule has 0 amide bonds. The third-order valence-corrected chi connectivity index (χ3v) is 5.86. The minimum absolute atomic E-state index is 0.0509. The van der Waals surface area contributed by atoms with Crippen molar-refractivity contribution in [1.29, 1.82) is 0 Å². The molecule has 4 aromatic rings. The molecule has 5 rings (SSSR count). The maximum atomic E-state index is 11.8. The molecule has 0 radical (unpaired) electrons. The van der Waals surface area contributed by atoms with E-state index in [1.165, 1.54) is 5.56 Å². The molecule has 0 aliphatic carbocycles. The van der Waals surface area contributed by atoms with Gasteiger partial charge in [-0.1, -0.05) is 18.2 Å². The van der Waals surface area contributed by atoms with Gasteiger partial charge in [-0.2, -0.15) is 0 Å². The van der Waals surface area contributed by atoms with E-state index in [1.807, 2.05) is 37.4 Å². The Kier molecular flexibility index (Phi) is 5.51.